The van der Waals surface area contributed by atoms with E-state index in [9.17, 15) is 0 Å². The van der Waals surface area contributed by atoms with Gasteiger partial charge in [0.25, 0.3) is 0 Å². The number of nitrogens with one attached hydrogen (secondary N) is 1. The van der Waals surface area contributed by atoms with E-state index in [-0.39, 0.29) is 12.1 Å². The molecule has 1 unspecified atom stereocenters. The Morgan fingerprint density at radius 1 is 1.05 bits per heavy atom. The first-order valence-electron chi connectivity index (χ1n) is 7.93. The molecule has 0 saturated heterocycles. The lowest BCUT2D eigenvalue weighted by atomic mass is 9.90. The molecule has 2 rings (SSSR count). The molecule has 0 amide bonds. The van der Waals surface area contributed by atoms with Gasteiger partial charge in [0, 0.05) is 19.4 Å². The summed E-state index contributed by atoms with van der Waals surface area (Å²) in [7, 11) is 0. The third kappa shape index (κ3) is 5.44. The molecule has 1 aliphatic rings. The molecule has 1 aromatic carbocycles. The van der Waals surface area contributed by atoms with Crippen molar-refractivity contribution >= 4 is 6.21 Å². The summed E-state index contributed by atoms with van der Waals surface area (Å²) in [6, 6.07) is 10.5. The lowest BCUT2D eigenvalue weighted by Crippen LogP contribution is -2.23. The highest BCUT2D eigenvalue weighted by Gasteiger charge is 2.26. The smallest absolute Gasteiger partial charge is 0.0813 e. The maximum Gasteiger partial charge on any atom is 0.0813 e. The second-order valence-electron chi connectivity index (χ2n) is 5.69. The SMILES string of the molecule is OCCC1(CCCCCNCc2ccccc2)C=CC=N1. The normalized spacial score (nSPS) is 20.2. The topological polar surface area (TPSA) is 44.6 Å². The van der Waals surface area contributed by atoms with Crippen LogP contribution in [0.15, 0.2) is 47.5 Å². The summed E-state index contributed by atoms with van der Waals surface area (Å²) < 4.78 is 0. The van der Waals surface area contributed by atoms with Crippen LogP contribution in [-0.2, 0) is 6.54 Å². The standard InChI is InChI=1S/C18H26N2O/c21-15-12-18(11-7-14-20-18)10-5-2-6-13-19-16-17-8-3-1-4-9-17/h1,3-4,7-9,11,14,19,21H,2,5-6,10,12-13,15-16H2. The Kier molecular flexibility index (Phi) is 6.64. The van der Waals surface area contributed by atoms with Gasteiger partial charge in [0.2, 0.25) is 0 Å². The van der Waals surface area contributed by atoms with Crippen molar-refractivity contribution in [1.82, 2.24) is 5.32 Å². The summed E-state index contributed by atoms with van der Waals surface area (Å²) in [6.07, 6.45) is 11.3. The zero-order valence-electron chi connectivity index (χ0n) is 12.7. The summed E-state index contributed by atoms with van der Waals surface area (Å²) in [4.78, 5) is 4.52. The van der Waals surface area contributed by atoms with Crippen LogP contribution in [0, 0.1) is 0 Å². The highest BCUT2D eigenvalue weighted by Crippen LogP contribution is 2.27. The molecule has 0 spiro atoms. The monoisotopic (exact) mass is 286 g/mol. The molecular weight excluding hydrogens is 260 g/mol. The van der Waals surface area contributed by atoms with Gasteiger partial charge in [-0.3, -0.25) is 4.99 Å². The highest BCUT2D eigenvalue weighted by molar-refractivity contribution is 5.75. The van der Waals surface area contributed by atoms with Gasteiger partial charge in [-0.15, -0.1) is 0 Å². The van der Waals surface area contributed by atoms with Gasteiger partial charge in [0.1, 0.15) is 0 Å². The lowest BCUT2D eigenvalue weighted by molar-refractivity contribution is 0.252. The number of nitrogens with zero attached hydrogens (tertiary/aromatic N) is 1. The van der Waals surface area contributed by atoms with Crippen LogP contribution in [0.5, 0.6) is 0 Å². The molecule has 0 radical (unpaired) electrons. The zero-order valence-corrected chi connectivity index (χ0v) is 12.7. The largest absolute Gasteiger partial charge is 0.396 e. The predicted molar refractivity (Wildman–Crippen MR) is 88.7 cm³/mol. The van der Waals surface area contributed by atoms with Crippen molar-refractivity contribution in [3.63, 3.8) is 0 Å². The van der Waals surface area contributed by atoms with Crippen LogP contribution >= 0.6 is 0 Å². The Labute approximate surface area is 127 Å². The Morgan fingerprint density at radius 3 is 2.62 bits per heavy atom. The van der Waals surface area contributed by atoms with E-state index in [1.54, 1.807) is 0 Å². The van der Waals surface area contributed by atoms with Crippen LogP contribution in [0.3, 0.4) is 0 Å². The summed E-state index contributed by atoms with van der Waals surface area (Å²) in [5.74, 6) is 0. The van der Waals surface area contributed by atoms with Crippen LogP contribution in [-0.4, -0.2) is 30.0 Å². The number of benzene rings is 1. The number of rotatable bonds is 10. The van der Waals surface area contributed by atoms with Crippen LogP contribution in [0.4, 0.5) is 0 Å². The van der Waals surface area contributed by atoms with Gasteiger partial charge in [-0.05, 0) is 37.4 Å². The fourth-order valence-electron chi connectivity index (χ4n) is 2.76. The lowest BCUT2D eigenvalue weighted by Gasteiger charge is -2.23. The summed E-state index contributed by atoms with van der Waals surface area (Å²) >= 11 is 0. The molecule has 21 heavy (non-hydrogen) atoms. The van der Waals surface area contributed by atoms with E-state index in [1.807, 2.05) is 18.4 Å². The Bertz CT molecular complexity index is 442. The predicted octanol–water partition coefficient (Wildman–Crippen LogP) is 3.10. The third-order valence-corrected chi connectivity index (χ3v) is 4.00. The van der Waals surface area contributed by atoms with E-state index < -0.39 is 0 Å². The number of hydrogen-bond acceptors (Lipinski definition) is 3. The molecule has 1 atom stereocenters. The number of hydrogen-bond donors (Lipinski definition) is 2. The molecule has 0 aliphatic carbocycles. The zero-order chi connectivity index (χ0) is 14.8. The second kappa shape index (κ2) is 8.75. The highest BCUT2D eigenvalue weighted by atomic mass is 16.3. The van der Waals surface area contributed by atoms with Gasteiger partial charge in [-0.1, -0.05) is 49.2 Å². The molecule has 1 aliphatic heterocycles. The fraction of sp³-hybridized carbons (Fsp3) is 0.500. The van der Waals surface area contributed by atoms with Crippen molar-refractivity contribution in [2.24, 2.45) is 4.99 Å². The maximum absolute atomic E-state index is 9.16. The van der Waals surface area contributed by atoms with Crippen LogP contribution in [0.2, 0.25) is 0 Å². The Morgan fingerprint density at radius 2 is 1.90 bits per heavy atom. The summed E-state index contributed by atoms with van der Waals surface area (Å²) in [5.41, 5.74) is 1.22. The Hall–Kier alpha value is -1.45. The fourth-order valence-corrected chi connectivity index (χ4v) is 2.76. The van der Waals surface area contributed by atoms with Gasteiger partial charge < -0.3 is 10.4 Å². The van der Waals surface area contributed by atoms with Crippen molar-refractivity contribution in [3.8, 4) is 0 Å². The van der Waals surface area contributed by atoms with Crippen molar-refractivity contribution < 1.29 is 5.11 Å². The molecule has 1 aromatic rings. The minimum absolute atomic E-state index is 0.119. The second-order valence-corrected chi connectivity index (χ2v) is 5.69. The molecule has 0 saturated carbocycles. The number of aliphatic hydroxyl groups is 1. The molecule has 3 nitrogen and oxygen atoms in total. The minimum atomic E-state index is -0.119. The van der Waals surface area contributed by atoms with E-state index >= 15 is 0 Å². The molecular formula is C18H26N2O. The van der Waals surface area contributed by atoms with Gasteiger partial charge >= 0.3 is 0 Å². The van der Waals surface area contributed by atoms with Crippen molar-refractivity contribution in [2.75, 3.05) is 13.2 Å². The molecule has 1 heterocycles. The van der Waals surface area contributed by atoms with Crippen molar-refractivity contribution in [3.05, 3.63) is 48.0 Å². The van der Waals surface area contributed by atoms with Gasteiger partial charge in [-0.2, -0.15) is 0 Å². The Balaban J connectivity index is 1.54. The van der Waals surface area contributed by atoms with Crippen LogP contribution in [0.1, 0.15) is 37.7 Å². The maximum atomic E-state index is 9.16. The van der Waals surface area contributed by atoms with E-state index in [0.29, 0.717) is 0 Å². The van der Waals surface area contributed by atoms with Gasteiger partial charge in [0.05, 0.1) is 5.54 Å². The first-order chi connectivity index (χ1) is 10.3. The van der Waals surface area contributed by atoms with Crippen molar-refractivity contribution in [2.45, 2.75) is 44.2 Å². The third-order valence-electron chi connectivity index (χ3n) is 4.00. The van der Waals surface area contributed by atoms with Crippen LogP contribution in [0.25, 0.3) is 0 Å². The molecule has 0 bridgehead atoms. The van der Waals surface area contributed by atoms with E-state index in [4.69, 9.17) is 5.11 Å². The molecule has 3 heteroatoms. The number of aliphatic imine (C=N–C) groups is 1. The average Bonchev–Trinajstić information content (AvgIpc) is 2.96. The van der Waals surface area contributed by atoms with E-state index in [2.05, 4.69) is 40.7 Å². The molecule has 114 valence electrons. The van der Waals surface area contributed by atoms with E-state index in [1.165, 1.54) is 18.4 Å². The summed E-state index contributed by atoms with van der Waals surface area (Å²) in [5, 5.41) is 12.6. The molecule has 0 fully saturated rings. The van der Waals surface area contributed by atoms with E-state index in [0.717, 1.165) is 32.4 Å². The van der Waals surface area contributed by atoms with Crippen LogP contribution < -0.4 is 5.32 Å². The molecule has 0 aromatic heterocycles. The first kappa shape index (κ1) is 15.9. The average molecular weight is 286 g/mol. The number of aliphatic hydroxyl groups excluding tert-OH is 1. The molecule has 2 N–H and O–H groups in total. The quantitative estimate of drug-likeness (QED) is 0.649. The van der Waals surface area contributed by atoms with Gasteiger partial charge in [0.15, 0.2) is 0 Å². The van der Waals surface area contributed by atoms with Gasteiger partial charge in [-0.25, -0.2) is 0 Å². The number of unbranched alkanes of at least 4 members (excludes halogenated alkanes) is 2. The first-order valence-corrected chi connectivity index (χ1v) is 7.93. The minimum Gasteiger partial charge on any atom is -0.396 e. The summed E-state index contributed by atoms with van der Waals surface area (Å²) in [6.45, 7) is 2.21. The number of allylic oxidation sites excluding steroid dienone is 1. The van der Waals surface area contributed by atoms with Crippen molar-refractivity contribution in [1.29, 1.82) is 0 Å².